The molecule has 2 rings (SSSR count). The van der Waals surface area contributed by atoms with Gasteiger partial charge in [-0.1, -0.05) is 35.9 Å². The number of nitrogens with zero attached hydrogens (tertiary/aromatic N) is 1. The Balaban J connectivity index is 2.01. The quantitative estimate of drug-likeness (QED) is 0.852. The molecule has 19 heavy (non-hydrogen) atoms. The van der Waals surface area contributed by atoms with E-state index in [1.165, 1.54) is 17.2 Å². The van der Waals surface area contributed by atoms with E-state index in [-0.39, 0.29) is 11.5 Å². The van der Waals surface area contributed by atoms with Gasteiger partial charge in [-0.3, -0.25) is 4.90 Å². The average molecular weight is 258 g/mol. The molecule has 0 bridgehead atoms. The number of hydrogen-bond acceptors (Lipinski definition) is 2. The lowest BCUT2D eigenvalue weighted by Gasteiger charge is -2.17. The number of anilines is 1. The number of nitrogens with two attached hydrogens (primary N) is 1. The van der Waals surface area contributed by atoms with Gasteiger partial charge in [0.2, 0.25) is 0 Å². The minimum atomic E-state index is -0.346. The summed E-state index contributed by atoms with van der Waals surface area (Å²) in [4.78, 5) is 2.15. The number of nitrogen functional groups attached to an aromatic ring is 1. The van der Waals surface area contributed by atoms with Gasteiger partial charge in [0.15, 0.2) is 0 Å². The molecule has 0 fully saturated rings. The van der Waals surface area contributed by atoms with Crippen LogP contribution in [0.2, 0.25) is 0 Å². The first-order valence-electron chi connectivity index (χ1n) is 6.32. The molecule has 0 saturated carbocycles. The smallest absolute Gasteiger partial charge is 0.146 e. The van der Waals surface area contributed by atoms with E-state index in [0.717, 1.165) is 12.1 Å². The molecule has 0 heterocycles. The highest BCUT2D eigenvalue weighted by atomic mass is 19.1. The van der Waals surface area contributed by atoms with Gasteiger partial charge in [-0.25, -0.2) is 4.39 Å². The van der Waals surface area contributed by atoms with Crippen LogP contribution in [0.5, 0.6) is 0 Å². The predicted octanol–water partition coefficient (Wildman–Crippen LogP) is 3.35. The molecule has 0 aliphatic carbocycles. The van der Waals surface area contributed by atoms with Gasteiger partial charge in [-0.2, -0.15) is 0 Å². The zero-order valence-electron chi connectivity index (χ0n) is 11.4. The maximum atomic E-state index is 13.4. The van der Waals surface area contributed by atoms with Gasteiger partial charge >= 0.3 is 0 Å². The highest BCUT2D eigenvalue weighted by Crippen LogP contribution is 2.14. The third-order valence-electron chi connectivity index (χ3n) is 3.05. The van der Waals surface area contributed by atoms with Crippen LogP contribution in [0, 0.1) is 12.7 Å². The van der Waals surface area contributed by atoms with Crippen molar-refractivity contribution in [3.8, 4) is 0 Å². The first-order chi connectivity index (χ1) is 9.04. The lowest BCUT2D eigenvalue weighted by atomic mass is 10.1. The Labute approximate surface area is 113 Å². The van der Waals surface area contributed by atoms with Crippen LogP contribution in [0.25, 0.3) is 0 Å². The number of halogens is 1. The van der Waals surface area contributed by atoms with Crippen molar-refractivity contribution in [3.05, 3.63) is 65.0 Å². The van der Waals surface area contributed by atoms with Crippen molar-refractivity contribution in [2.45, 2.75) is 20.0 Å². The van der Waals surface area contributed by atoms with Gasteiger partial charge in [0.05, 0.1) is 5.69 Å². The van der Waals surface area contributed by atoms with Gasteiger partial charge < -0.3 is 5.73 Å². The highest BCUT2D eigenvalue weighted by molar-refractivity contribution is 5.41. The molecule has 2 aromatic rings. The zero-order chi connectivity index (χ0) is 13.8. The minimum Gasteiger partial charge on any atom is -0.396 e. The normalized spacial score (nSPS) is 10.9. The maximum Gasteiger partial charge on any atom is 0.146 e. The summed E-state index contributed by atoms with van der Waals surface area (Å²) < 4.78 is 13.4. The van der Waals surface area contributed by atoms with Crippen molar-refractivity contribution in [3.63, 3.8) is 0 Å². The number of aryl methyl sites for hydroxylation is 1. The minimum absolute atomic E-state index is 0.199. The number of rotatable bonds is 4. The Kier molecular flexibility index (Phi) is 4.17. The Bertz CT molecular complexity index is 566. The number of hydrogen-bond donors (Lipinski definition) is 1. The molecule has 0 radical (unpaired) electrons. The first kappa shape index (κ1) is 13.6. The van der Waals surface area contributed by atoms with E-state index in [4.69, 9.17) is 5.73 Å². The molecule has 0 spiro atoms. The lowest BCUT2D eigenvalue weighted by molar-refractivity contribution is 0.318. The molecular weight excluding hydrogens is 239 g/mol. The van der Waals surface area contributed by atoms with E-state index in [9.17, 15) is 4.39 Å². The van der Waals surface area contributed by atoms with Gasteiger partial charge in [0.25, 0.3) is 0 Å². The Hall–Kier alpha value is -1.87. The molecule has 0 aliphatic rings. The first-order valence-corrected chi connectivity index (χ1v) is 6.32. The van der Waals surface area contributed by atoms with Crippen LogP contribution in [-0.4, -0.2) is 11.9 Å². The van der Waals surface area contributed by atoms with Crippen molar-refractivity contribution in [1.82, 2.24) is 4.90 Å². The predicted molar refractivity (Wildman–Crippen MR) is 77.2 cm³/mol. The summed E-state index contributed by atoms with van der Waals surface area (Å²) in [7, 11) is 2.02. The van der Waals surface area contributed by atoms with Crippen molar-refractivity contribution < 1.29 is 4.39 Å². The fourth-order valence-corrected chi connectivity index (χ4v) is 2.16. The largest absolute Gasteiger partial charge is 0.396 e. The summed E-state index contributed by atoms with van der Waals surface area (Å²) in [6.07, 6.45) is 0. The van der Waals surface area contributed by atoms with Crippen LogP contribution in [-0.2, 0) is 13.1 Å². The maximum absolute atomic E-state index is 13.4. The summed E-state index contributed by atoms with van der Waals surface area (Å²) in [5.41, 5.74) is 9.12. The van der Waals surface area contributed by atoms with Crippen LogP contribution in [0.1, 0.15) is 16.7 Å². The topological polar surface area (TPSA) is 29.3 Å². The number of benzene rings is 2. The molecule has 2 aromatic carbocycles. The molecule has 100 valence electrons. The molecule has 0 aliphatic heterocycles. The van der Waals surface area contributed by atoms with Crippen molar-refractivity contribution >= 4 is 5.69 Å². The SMILES string of the molecule is Cc1cccc(CN(C)Cc2ccc(N)c(F)c2)c1. The Morgan fingerprint density at radius 2 is 1.74 bits per heavy atom. The Morgan fingerprint density at radius 1 is 1.05 bits per heavy atom. The van der Waals surface area contributed by atoms with Crippen LogP contribution in [0.4, 0.5) is 10.1 Å². The van der Waals surface area contributed by atoms with Crippen LogP contribution >= 0.6 is 0 Å². The van der Waals surface area contributed by atoms with Gasteiger partial charge in [-0.15, -0.1) is 0 Å². The molecule has 0 saturated heterocycles. The second-order valence-corrected chi connectivity index (χ2v) is 5.02. The molecule has 3 heteroatoms. The molecule has 0 amide bonds. The molecule has 2 N–H and O–H groups in total. The van der Waals surface area contributed by atoms with Gasteiger partial charge in [0, 0.05) is 13.1 Å². The summed E-state index contributed by atoms with van der Waals surface area (Å²) in [5, 5.41) is 0. The zero-order valence-corrected chi connectivity index (χ0v) is 11.4. The molecular formula is C16H19FN2. The van der Waals surface area contributed by atoms with E-state index in [1.807, 2.05) is 13.1 Å². The second kappa shape index (κ2) is 5.85. The summed E-state index contributed by atoms with van der Waals surface area (Å²) >= 11 is 0. The van der Waals surface area contributed by atoms with Crippen molar-refractivity contribution in [2.75, 3.05) is 12.8 Å². The Morgan fingerprint density at radius 3 is 2.37 bits per heavy atom. The highest BCUT2D eigenvalue weighted by Gasteiger charge is 2.04. The lowest BCUT2D eigenvalue weighted by Crippen LogP contribution is -2.17. The van der Waals surface area contributed by atoms with E-state index in [2.05, 4.69) is 36.1 Å². The molecule has 0 atom stereocenters. The molecule has 2 nitrogen and oxygen atoms in total. The van der Waals surface area contributed by atoms with Crippen LogP contribution in [0.15, 0.2) is 42.5 Å². The average Bonchev–Trinajstić information content (AvgIpc) is 2.34. The van der Waals surface area contributed by atoms with Crippen molar-refractivity contribution in [2.24, 2.45) is 0 Å². The van der Waals surface area contributed by atoms with Gasteiger partial charge in [-0.05, 0) is 37.2 Å². The molecule has 0 unspecified atom stereocenters. The van der Waals surface area contributed by atoms with Crippen LogP contribution < -0.4 is 5.73 Å². The summed E-state index contributed by atoms with van der Waals surface area (Å²) in [5.74, 6) is -0.346. The third-order valence-corrected chi connectivity index (χ3v) is 3.05. The second-order valence-electron chi connectivity index (χ2n) is 5.02. The van der Waals surface area contributed by atoms with E-state index >= 15 is 0 Å². The van der Waals surface area contributed by atoms with E-state index in [1.54, 1.807) is 6.07 Å². The summed E-state index contributed by atoms with van der Waals surface area (Å²) in [6, 6.07) is 13.4. The molecule has 0 aromatic heterocycles. The van der Waals surface area contributed by atoms with E-state index in [0.29, 0.717) is 6.54 Å². The van der Waals surface area contributed by atoms with Gasteiger partial charge in [0.1, 0.15) is 5.82 Å². The summed E-state index contributed by atoms with van der Waals surface area (Å²) in [6.45, 7) is 3.62. The fourth-order valence-electron chi connectivity index (χ4n) is 2.16. The standard InChI is InChI=1S/C16H19FN2/c1-12-4-3-5-13(8-12)10-19(2)11-14-6-7-16(18)15(17)9-14/h3-9H,10-11,18H2,1-2H3. The van der Waals surface area contributed by atoms with Crippen LogP contribution in [0.3, 0.4) is 0 Å². The van der Waals surface area contributed by atoms with E-state index < -0.39 is 0 Å². The third kappa shape index (κ3) is 3.80. The van der Waals surface area contributed by atoms with Crippen molar-refractivity contribution in [1.29, 1.82) is 0 Å². The monoisotopic (exact) mass is 258 g/mol. The fraction of sp³-hybridized carbons (Fsp3) is 0.250.